The first kappa shape index (κ1) is 16.1. The maximum absolute atomic E-state index is 5.68. The summed E-state index contributed by atoms with van der Waals surface area (Å²) >= 11 is 5.68. The average Bonchev–Trinajstić information content (AvgIpc) is 3.25. The van der Waals surface area contributed by atoms with Gasteiger partial charge in [0.25, 0.3) is 0 Å². The molecule has 4 heteroatoms. The van der Waals surface area contributed by atoms with Gasteiger partial charge in [0.1, 0.15) is 5.76 Å². The van der Waals surface area contributed by atoms with E-state index in [0.29, 0.717) is 6.04 Å². The lowest BCUT2D eigenvalue weighted by molar-refractivity contribution is 0.279. The molecular weight excluding hydrogens is 304 g/mol. The van der Waals surface area contributed by atoms with Crippen LogP contribution in [0.5, 0.6) is 0 Å². The Morgan fingerprint density at radius 2 is 1.96 bits per heavy atom. The van der Waals surface area contributed by atoms with E-state index in [4.69, 9.17) is 16.6 Å². The molecule has 0 bridgehead atoms. The van der Waals surface area contributed by atoms with Crippen LogP contribution in [0.3, 0.4) is 0 Å². The summed E-state index contributed by atoms with van der Waals surface area (Å²) in [4.78, 5) is 2.30. The molecule has 0 atom stereocenters. The minimum absolute atomic E-state index is 0.526. The number of furan rings is 1. The second-order valence-electron chi connectivity index (χ2n) is 6.29. The predicted molar refractivity (Wildman–Crippen MR) is 97.1 cm³/mol. The highest BCUT2D eigenvalue weighted by Gasteiger charge is 2.25. The number of aryl methyl sites for hydroxylation is 1. The normalized spacial score (nSPS) is 14.8. The summed E-state index contributed by atoms with van der Waals surface area (Å²) in [5, 5.41) is 4.25. The highest BCUT2D eigenvalue weighted by molar-refractivity contribution is 7.80. The Kier molecular flexibility index (Phi) is 5.34. The van der Waals surface area contributed by atoms with Gasteiger partial charge in [-0.05, 0) is 49.7 Å². The van der Waals surface area contributed by atoms with Gasteiger partial charge < -0.3 is 14.6 Å². The van der Waals surface area contributed by atoms with E-state index in [2.05, 4.69) is 41.4 Å². The summed E-state index contributed by atoms with van der Waals surface area (Å²) in [5.41, 5.74) is 2.53. The molecule has 1 N–H and O–H groups in total. The molecule has 1 aromatic heterocycles. The molecule has 0 saturated heterocycles. The summed E-state index contributed by atoms with van der Waals surface area (Å²) in [6.45, 7) is 3.62. The van der Waals surface area contributed by atoms with E-state index in [0.717, 1.165) is 24.0 Å². The van der Waals surface area contributed by atoms with Crippen molar-refractivity contribution in [2.24, 2.45) is 0 Å². The lowest BCUT2D eigenvalue weighted by atomic mass is 10.1. The largest absolute Gasteiger partial charge is 0.467 e. The van der Waals surface area contributed by atoms with E-state index in [9.17, 15) is 0 Å². The molecule has 1 aromatic carbocycles. The van der Waals surface area contributed by atoms with Crippen LogP contribution in [-0.4, -0.2) is 16.1 Å². The molecule has 0 spiro atoms. The third-order valence-electron chi connectivity index (χ3n) is 4.50. The first-order valence-corrected chi connectivity index (χ1v) is 8.75. The molecule has 3 nitrogen and oxygen atoms in total. The molecule has 2 aromatic rings. The van der Waals surface area contributed by atoms with Crippen LogP contribution in [-0.2, 0) is 13.1 Å². The van der Waals surface area contributed by atoms with Crippen molar-refractivity contribution in [3.05, 3.63) is 59.5 Å². The number of benzene rings is 1. The zero-order valence-electron chi connectivity index (χ0n) is 13.6. The molecule has 0 aliphatic heterocycles. The van der Waals surface area contributed by atoms with Crippen molar-refractivity contribution < 1.29 is 4.42 Å². The zero-order valence-corrected chi connectivity index (χ0v) is 14.4. The first-order chi connectivity index (χ1) is 11.2. The minimum Gasteiger partial charge on any atom is -0.467 e. The molecule has 0 amide bonds. The van der Waals surface area contributed by atoms with Crippen LogP contribution < -0.4 is 5.32 Å². The van der Waals surface area contributed by atoms with Gasteiger partial charge in [0.15, 0.2) is 5.11 Å². The van der Waals surface area contributed by atoms with Crippen molar-refractivity contribution in [1.29, 1.82) is 0 Å². The molecule has 1 fully saturated rings. The molecule has 0 radical (unpaired) electrons. The van der Waals surface area contributed by atoms with Gasteiger partial charge in [-0.3, -0.25) is 0 Å². The predicted octanol–water partition coefficient (Wildman–Crippen LogP) is 4.41. The molecule has 1 aliphatic carbocycles. The maximum atomic E-state index is 5.68. The number of nitrogens with one attached hydrogen (secondary N) is 1. The van der Waals surface area contributed by atoms with Gasteiger partial charge >= 0.3 is 0 Å². The fourth-order valence-corrected chi connectivity index (χ4v) is 3.42. The maximum Gasteiger partial charge on any atom is 0.169 e. The minimum atomic E-state index is 0.526. The Hall–Kier alpha value is -1.81. The summed E-state index contributed by atoms with van der Waals surface area (Å²) in [6.07, 6.45) is 6.74. The van der Waals surface area contributed by atoms with Gasteiger partial charge in [0.05, 0.1) is 12.8 Å². The molecule has 122 valence electrons. The van der Waals surface area contributed by atoms with Crippen molar-refractivity contribution >= 4 is 17.3 Å². The van der Waals surface area contributed by atoms with Crippen LogP contribution in [0.4, 0.5) is 0 Å². The Balaban J connectivity index is 1.63. The summed E-state index contributed by atoms with van der Waals surface area (Å²) in [5.74, 6) is 0.969. The molecule has 1 saturated carbocycles. The van der Waals surface area contributed by atoms with Crippen LogP contribution in [0, 0.1) is 6.92 Å². The standard InChI is InChI=1S/C19H24N2OS/c1-15-8-10-16(11-9-15)13-20-19(23)21(17-5-2-3-6-17)14-18-7-4-12-22-18/h4,7-12,17H,2-3,5-6,13-14H2,1H3,(H,20,23). The van der Waals surface area contributed by atoms with Crippen LogP contribution in [0.15, 0.2) is 47.1 Å². The van der Waals surface area contributed by atoms with Gasteiger partial charge in [-0.1, -0.05) is 42.7 Å². The Labute approximate surface area is 143 Å². The molecule has 0 unspecified atom stereocenters. The fourth-order valence-electron chi connectivity index (χ4n) is 3.14. The topological polar surface area (TPSA) is 28.4 Å². The Morgan fingerprint density at radius 1 is 1.22 bits per heavy atom. The van der Waals surface area contributed by atoms with Crippen molar-refractivity contribution in [3.63, 3.8) is 0 Å². The van der Waals surface area contributed by atoms with Crippen molar-refractivity contribution in [2.75, 3.05) is 0 Å². The Morgan fingerprint density at radius 3 is 2.61 bits per heavy atom. The van der Waals surface area contributed by atoms with Gasteiger partial charge in [0, 0.05) is 12.6 Å². The number of hydrogen-bond acceptors (Lipinski definition) is 2. The van der Waals surface area contributed by atoms with E-state index in [1.807, 2.05) is 12.1 Å². The highest BCUT2D eigenvalue weighted by atomic mass is 32.1. The van der Waals surface area contributed by atoms with Gasteiger partial charge in [-0.25, -0.2) is 0 Å². The highest BCUT2D eigenvalue weighted by Crippen LogP contribution is 2.25. The van der Waals surface area contributed by atoms with Crippen molar-refractivity contribution in [1.82, 2.24) is 10.2 Å². The van der Waals surface area contributed by atoms with Crippen LogP contribution >= 0.6 is 12.2 Å². The molecule has 1 aliphatic rings. The number of thiocarbonyl (C=S) groups is 1. The summed E-state index contributed by atoms with van der Waals surface area (Å²) < 4.78 is 5.52. The monoisotopic (exact) mass is 328 g/mol. The van der Waals surface area contributed by atoms with Crippen LogP contribution in [0.1, 0.15) is 42.6 Å². The summed E-state index contributed by atoms with van der Waals surface area (Å²) in [6, 6.07) is 13.1. The zero-order chi connectivity index (χ0) is 16.1. The van der Waals surface area contributed by atoms with E-state index >= 15 is 0 Å². The molecule has 3 rings (SSSR count). The quantitative estimate of drug-likeness (QED) is 0.823. The van der Waals surface area contributed by atoms with Gasteiger partial charge in [0.2, 0.25) is 0 Å². The van der Waals surface area contributed by atoms with Crippen LogP contribution in [0.2, 0.25) is 0 Å². The summed E-state index contributed by atoms with van der Waals surface area (Å²) in [7, 11) is 0. The van der Waals surface area contributed by atoms with Gasteiger partial charge in [-0.15, -0.1) is 0 Å². The first-order valence-electron chi connectivity index (χ1n) is 8.35. The smallest absolute Gasteiger partial charge is 0.169 e. The van der Waals surface area contributed by atoms with E-state index in [1.54, 1.807) is 6.26 Å². The molecule has 1 heterocycles. The lowest BCUT2D eigenvalue weighted by Gasteiger charge is -2.31. The van der Waals surface area contributed by atoms with E-state index in [1.165, 1.54) is 36.8 Å². The second kappa shape index (κ2) is 7.64. The number of nitrogens with zero attached hydrogens (tertiary/aromatic N) is 1. The van der Waals surface area contributed by atoms with E-state index < -0.39 is 0 Å². The van der Waals surface area contributed by atoms with Crippen molar-refractivity contribution in [3.8, 4) is 0 Å². The molecule has 23 heavy (non-hydrogen) atoms. The van der Waals surface area contributed by atoms with Crippen LogP contribution in [0.25, 0.3) is 0 Å². The fraction of sp³-hybridized carbons (Fsp3) is 0.421. The van der Waals surface area contributed by atoms with Crippen molar-refractivity contribution in [2.45, 2.75) is 51.7 Å². The number of hydrogen-bond donors (Lipinski definition) is 1. The number of rotatable bonds is 5. The lowest BCUT2D eigenvalue weighted by Crippen LogP contribution is -2.44. The SMILES string of the molecule is Cc1ccc(CNC(=S)N(Cc2ccco2)C2CCCC2)cc1. The second-order valence-corrected chi connectivity index (χ2v) is 6.68. The third-order valence-corrected chi connectivity index (χ3v) is 4.88. The molecular formula is C19H24N2OS. The third kappa shape index (κ3) is 4.35. The Bertz CT molecular complexity index is 615. The van der Waals surface area contributed by atoms with Gasteiger partial charge in [-0.2, -0.15) is 0 Å². The van der Waals surface area contributed by atoms with E-state index in [-0.39, 0.29) is 0 Å². The average molecular weight is 328 g/mol.